The molecule has 1 fully saturated rings. The number of hydrogen-bond acceptors (Lipinski definition) is 8. The minimum atomic E-state index is -5.00. The van der Waals surface area contributed by atoms with Crippen LogP contribution in [0.15, 0.2) is 16.5 Å². The number of furan rings is 1. The molecule has 1 aromatic heterocycles. The Morgan fingerprint density at radius 2 is 1.88 bits per heavy atom. The van der Waals surface area contributed by atoms with E-state index in [0.29, 0.717) is 43.0 Å². The Balaban J connectivity index is 0.00000243. The number of nitrogens with zero attached hydrogens (tertiary/aromatic N) is 1. The van der Waals surface area contributed by atoms with E-state index in [4.69, 9.17) is 13.9 Å². The maximum atomic E-state index is 12.8. The van der Waals surface area contributed by atoms with Crippen molar-refractivity contribution in [2.45, 2.75) is 6.92 Å². The normalized spacial score (nSPS) is 14.8. The summed E-state index contributed by atoms with van der Waals surface area (Å²) in [6, 6.07) is 2.63. The molecule has 0 saturated carbocycles. The zero-order valence-electron chi connectivity index (χ0n) is 14.6. The van der Waals surface area contributed by atoms with Gasteiger partial charge in [-0.05, 0) is 13.0 Å². The molecule has 11 heteroatoms. The van der Waals surface area contributed by atoms with Crippen molar-refractivity contribution in [3.8, 4) is 11.5 Å². The van der Waals surface area contributed by atoms with E-state index >= 15 is 0 Å². The van der Waals surface area contributed by atoms with Crippen LogP contribution in [0.4, 0.5) is 0 Å². The van der Waals surface area contributed by atoms with E-state index in [1.807, 2.05) is 0 Å². The van der Waals surface area contributed by atoms with Crippen molar-refractivity contribution in [3.05, 3.63) is 23.5 Å². The second-order valence-electron chi connectivity index (χ2n) is 5.43. The van der Waals surface area contributed by atoms with Crippen LogP contribution in [-0.2, 0) is 15.1 Å². The average molecular weight is 393 g/mol. The quantitative estimate of drug-likeness (QED) is 0.335. The minimum Gasteiger partial charge on any atom is -0.716 e. The van der Waals surface area contributed by atoms with Gasteiger partial charge in [-0.25, -0.2) is 8.42 Å². The summed E-state index contributed by atoms with van der Waals surface area (Å²) in [6.45, 7) is 3.40. The van der Waals surface area contributed by atoms with Gasteiger partial charge in [0.05, 0.1) is 25.9 Å². The van der Waals surface area contributed by atoms with Gasteiger partial charge in [0, 0.05) is 24.5 Å². The number of amides is 1. The number of carbonyl (C=O) groups excluding carboxylic acids is 1. The summed E-state index contributed by atoms with van der Waals surface area (Å²) in [6.07, 6.45) is 0. The Hall–Kier alpha value is -1.30. The Labute approximate surface area is 172 Å². The second-order valence-corrected chi connectivity index (χ2v) is 6.41. The first-order valence-electron chi connectivity index (χ1n) is 7.43. The summed E-state index contributed by atoms with van der Waals surface area (Å²) in [5, 5.41) is 0.341. The third-order valence-electron chi connectivity index (χ3n) is 3.85. The predicted molar refractivity (Wildman–Crippen MR) is 84.6 cm³/mol. The number of methoxy groups -OCH3 is 1. The molecule has 3 rings (SSSR count). The third kappa shape index (κ3) is 4.33. The van der Waals surface area contributed by atoms with Gasteiger partial charge in [-0.1, -0.05) is 0 Å². The zero-order chi connectivity index (χ0) is 18.2. The van der Waals surface area contributed by atoms with Crippen molar-refractivity contribution in [3.63, 3.8) is 0 Å². The van der Waals surface area contributed by atoms with E-state index in [9.17, 15) is 17.8 Å². The molecule has 0 spiro atoms. The first kappa shape index (κ1) is 21.0. The number of rotatable bonds is 4. The smallest absolute Gasteiger partial charge is 0.716 e. The fraction of sp³-hybridized carbons (Fsp3) is 0.400. The summed E-state index contributed by atoms with van der Waals surface area (Å²) >= 11 is 0. The van der Waals surface area contributed by atoms with Gasteiger partial charge in [0.2, 0.25) is 0 Å². The molecule has 136 valence electrons. The molecule has 26 heavy (non-hydrogen) atoms. The maximum Gasteiger partial charge on any atom is 1.00 e. The Bertz CT molecular complexity index is 917. The molecule has 2 heterocycles. The maximum absolute atomic E-state index is 12.8. The minimum absolute atomic E-state index is 0. The summed E-state index contributed by atoms with van der Waals surface area (Å²) < 4.78 is 53.1. The van der Waals surface area contributed by atoms with Gasteiger partial charge < -0.3 is 27.5 Å². The molecule has 0 N–H and O–H groups in total. The van der Waals surface area contributed by atoms with Crippen LogP contribution >= 0.6 is 0 Å². The number of fused-ring (bicyclic) bond motifs is 1. The molecular weight excluding hydrogens is 377 g/mol. The van der Waals surface area contributed by atoms with E-state index in [1.165, 1.54) is 19.2 Å². The first-order valence-corrected chi connectivity index (χ1v) is 8.77. The molecule has 0 radical (unpaired) electrons. The standard InChI is InChI=1S/C15H17NO8S.Na/c1-9-14(15(17)16-3-5-22-6-4-16)10-7-13(24-25(18,19)20)12(21-2)8-11(10)23-9;/h7-8H,3-6H2,1-2H3,(H,18,19,20);/q;+1/p-1. The SMILES string of the molecule is COc1cc2oc(C)c(C(=O)N3CCOCC3)c2cc1OS(=O)(=O)[O-].[Na+]. The Kier molecular flexibility index (Phi) is 6.59. The summed E-state index contributed by atoms with van der Waals surface area (Å²) in [5.41, 5.74) is 0.606. The molecule has 0 atom stereocenters. The van der Waals surface area contributed by atoms with E-state index in [0.717, 1.165) is 0 Å². The zero-order valence-corrected chi connectivity index (χ0v) is 17.4. The Morgan fingerprint density at radius 3 is 2.46 bits per heavy atom. The van der Waals surface area contributed by atoms with Crippen LogP contribution < -0.4 is 38.5 Å². The van der Waals surface area contributed by atoms with E-state index in [-0.39, 0.29) is 52.5 Å². The molecule has 2 aromatic rings. The Morgan fingerprint density at radius 1 is 1.23 bits per heavy atom. The van der Waals surface area contributed by atoms with E-state index < -0.39 is 10.4 Å². The van der Waals surface area contributed by atoms with Crippen LogP contribution in [0.5, 0.6) is 11.5 Å². The van der Waals surface area contributed by atoms with Crippen molar-refractivity contribution < 1.29 is 65.4 Å². The molecule has 0 unspecified atom stereocenters. The molecule has 1 aliphatic heterocycles. The largest absolute Gasteiger partial charge is 1.00 e. The summed E-state index contributed by atoms with van der Waals surface area (Å²) in [5.74, 6) is -0.191. The third-order valence-corrected chi connectivity index (χ3v) is 4.24. The topological polar surface area (TPSA) is 118 Å². The van der Waals surface area contributed by atoms with Crippen LogP contribution in [0.2, 0.25) is 0 Å². The van der Waals surface area contributed by atoms with Crippen molar-refractivity contribution in [2.75, 3.05) is 33.4 Å². The van der Waals surface area contributed by atoms with Crippen LogP contribution in [0.3, 0.4) is 0 Å². The van der Waals surface area contributed by atoms with Gasteiger partial charge >= 0.3 is 29.6 Å². The van der Waals surface area contributed by atoms with Gasteiger partial charge in [0.1, 0.15) is 11.3 Å². The monoisotopic (exact) mass is 393 g/mol. The van der Waals surface area contributed by atoms with Crippen molar-refractivity contribution in [1.29, 1.82) is 0 Å². The fourth-order valence-electron chi connectivity index (χ4n) is 2.75. The molecule has 9 nitrogen and oxygen atoms in total. The molecule has 1 aromatic carbocycles. The van der Waals surface area contributed by atoms with E-state index in [2.05, 4.69) is 4.18 Å². The number of benzene rings is 1. The number of hydrogen-bond donors (Lipinski definition) is 0. The molecule has 1 saturated heterocycles. The van der Waals surface area contributed by atoms with Gasteiger partial charge in [-0.2, -0.15) is 0 Å². The molecule has 0 bridgehead atoms. The summed E-state index contributed by atoms with van der Waals surface area (Å²) in [4.78, 5) is 14.4. The van der Waals surface area contributed by atoms with Gasteiger partial charge in [0.25, 0.3) is 16.3 Å². The molecule has 0 aliphatic carbocycles. The van der Waals surface area contributed by atoms with Crippen molar-refractivity contribution in [2.24, 2.45) is 0 Å². The van der Waals surface area contributed by atoms with Crippen LogP contribution in [-0.4, -0.2) is 57.2 Å². The predicted octanol–water partition coefficient (Wildman–Crippen LogP) is -1.93. The number of carbonyl (C=O) groups is 1. The number of morpholine rings is 1. The van der Waals surface area contributed by atoms with Gasteiger partial charge in [-0.3, -0.25) is 4.79 Å². The molecule has 1 amide bonds. The number of ether oxygens (including phenoxy) is 2. The first-order chi connectivity index (χ1) is 11.8. The van der Waals surface area contributed by atoms with E-state index in [1.54, 1.807) is 11.8 Å². The molecule has 1 aliphatic rings. The summed E-state index contributed by atoms with van der Waals surface area (Å²) in [7, 11) is -3.70. The van der Waals surface area contributed by atoms with Gasteiger partial charge in [0.15, 0.2) is 11.5 Å². The van der Waals surface area contributed by atoms with Crippen LogP contribution in [0, 0.1) is 6.92 Å². The number of aryl methyl sites for hydroxylation is 1. The second kappa shape index (κ2) is 8.15. The van der Waals surface area contributed by atoms with Crippen LogP contribution in [0.1, 0.15) is 16.1 Å². The van der Waals surface area contributed by atoms with Crippen LogP contribution in [0.25, 0.3) is 11.0 Å². The molecular formula is C15H16NNaO8S. The fourth-order valence-corrected chi connectivity index (χ4v) is 3.10. The van der Waals surface area contributed by atoms with Crippen molar-refractivity contribution in [1.82, 2.24) is 4.90 Å². The van der Waals surface area contributed by atoms with Crippen molar-refractivity contribution >= 4 is 27.3 Å². The average Bonchev–Trinajstić information content (AvgIpc) is 2.87. The van der Waals surface area contributed by atoms with Gasteiger partial charge in [-0.15, -0.1) is 0 Å².